The van der Waals surface area contributed by atoms with Crippen molar-refractivity contribution in [3.05, 3.63) is 59.0 Å². The third-order valence-corrected chi connectivity index (χ3v) is 4.69. The molecule has 1 amide bonds. The lowest BCUT2D eigenvalue weighted by atomic mass is 10.1. The van der Waals surface area contributed by atoms with Crippen LogP contribution in [0.5, 0.6) is 0 Å². The van der Waals surface area contributed by atoms with Gasteiger partial charge in [-0.05, 0) is 44.9 Å². The van der Waals surface area contributed by atoms with Crippen LogP contribution in [0.4, 0.5) is 0 Å². The monoisotopic (exact) mass is 334 g/mol. The molecule has 128 valence electrons. The van der Waals surface area contributed by atoms with Gasteiger partial charge in [0.15, 0.2) is 0 Å². The Morgan fingerprint density at radius 1 is 1.24 bits per heavy atom. The van der Waals surface area contributed by atoms with E-state index in [2.05, 4.69) is 10.4 Å². The SMILES string of the molecule is Cc1cc(C)n(CCNC(=O)c2cc(C3CC3)nc3ccccc23)n1. The number of nitrogens with zero attached hydrogens (tertiary/aromatic N) is 3. The molecule has 5 heteroatoms. The van der Waals surface area contributed by atoms with E-state index < -0.39 is 0 Å². The van der Waals surface area contributed by atoms with Crippen LogP contribution in [0, 0.1) is 13.8 Å². The summed E-state index contributed by atoms with van der Waals surface area (Å²) in [6.45, 7) is 5.23. The quantitative estimate of drug-likeness (QED) is 0.778. The lowest BCUT2D eigenvalue weighted by molar-refractivity contribution is 0.0953. The molecule has 25 heavy (non-hydrogen) atoms. The van der Waals surface area contributed by atoms with Crippen molar-refractivity contribution >= 4 is 16.8 Å². The zero-order valence-electron chi connectivity index (χ0n) is 14.6. The molecule has 0 bridgehead atoms. The number of carbonyl (C=O) groups excluding carboxylic acids is 1. The van der Waals surface area contributed by atoms with Gasteiger partial charge in [0.1, 0.15) is 0 Å². The van der Waals surface area contributed by atoms with Gasteiger partial charge in [0.05, 0.1) is 23.3 Å². The molecule has 4 rings (SSSR count). The summed E-state index contributed by atoms with van der Waals surface area (Å²) in [4.78, 5) is 17.5. The van der Waals surface area contributed by atoms with E-state index in [0.29, 0.717) is 19.0 Å². The Kier molecular flexibility index (Phi) is 3.99. The van der Waals surface area contributed by atoms with E-state index in [1.807, 2.05) is 54.9 Å². The first-order chi connectivity index (χ1) is 12.1. The van der Waals surface area contributed by atoms with Gasteiger partial charge >= 0.3 is 0 Å². The topological polar surface area (TPSA) is 59.8 Å². The molecule has 2 aromatic heterocycles. The minimum absolute atomic E-state index is 0.0398. The van der Waals surface area contributed by atoms with Crippen molar-refractivity contribution < 1.29 is 4.79 Å². The Labute approximate surface area is 147 Å². The Balaban J connectivity index is 1.54. The van der Waals surface area contributed by atoms with Crippen LogP contribution in [0.1, 0.15) is 46.2 Å². The fourth-order valence-corrected chi connectivity index (χ4v) is 3.24. The molecule has 3 aromatic rings. The Bertz CT molecular complexity index is 940. The molecule has 0 atom stereocenters. The van der Waals surface area contributed by atoms with Gasteiger partial charge < -0.3 is 5.32 Å². The number of nitrogens with one attached hydrogen (secondary N) is 1. The molecule has 0 saturated heterocycles. The van der Waals surface area contributed by atoms with Gasteiger partial charge in [-0.1, -0.05) is 18.2 Å². The van der Waals surface area contributed by atoms with E-state index in [1.165, 1.54) is 12.8 Å². The predicted molar refractivity (Wildman–Crippen MR) is 97.8 cm³/mol. The van der Waals surface area contributed by atoms with Crippen LogP contribution in [-0.2, 0) is 6.54 Å². The highest BCUT2D eigenvalue weighted by molar-refractivity contribution is 6.06. The number of benzene rings is 1. The maximum absolute atomic E-state index is 12.8. The molecule has 2 heterocycles. The second-order valence-electron chi connectivity index (χ2n) is 6.79. The number of pyridine rings is 1. The van der Waals surface area contributed by atoms with Crippen LogP contribution < -0.4 is 5.32 Å². The number of rotatable bonds is 5. The fraction of sp³-hybridized carbons (Fsp3) is 0.350. The van der Waals surface area contributed by atoms with E-state index >= 15 is 0 Å². The number of fused-ring (bicyclic) bond motifs is 1. The lowest BCUT2D eigenvalue weighted by Crippen LogP contribution is -2.28. The van der Waals surface area contributed by atoms with Crippen molar-refractivity contribution in [2.24, 2.45) is 0 Å². The third-order valence-electron chi connectivity index (χ3n) is 4.69. The zero-order chi connectivity index (χ0) is 17.4. The third kappa shape index (κ3) is 3.27. The second kappa shape index (κ2) is 6.31. The van der Waals surface area contributed by atoms with Gasteiger partial charge in [-0.2, -0.15) is 5.10 Å². The van der Waals surface area contributed by atoms with Gasteiger partial charge in [0.25, 0.3) is 5.91 Å². The molecule has 0 spiro atoms. The minimum atomic E-state index is -0.0398. The highest BCUT2D eigenvalue weighted by Gasteiger charge is 2.26. The highest BCUT2D eigenvalue weighted by atomic mass is 16.1. The van der Waals surface area contributed by atoms with Crippen molar-refractivity contribution in [2.75, 3.05) is 6.54 Å². The Morgan fingerprint density at radius 3 is 2.76 bits per heavy atom. The average Bonchev–Trinajstić information content (AvgIpc) is 3.40. The van der Waals surface area contributed by atoms with Crippen LogP contribution in [0.3, 0.4) is 0 Å². The summed E-state index contributed by atoms with van der Waals surface area (Å²) in [7, 11) is 0. The van der Waals surface area contributed by atoms with Crippen LogP contribution in [-0.4, -0.2) is 27.2 Å². The summed E-state index contributed by atoms with van der Waals surface area (Å²) < 4.78 is 1.93. The largest absolute Gasteiger partial charge is 0.350 e. The van der Waals surface area contributed by atoms with Gasteiger partial charge in [0.2, 0.25) is 0 Å². The zero-order valence-corrected chi connectivity index (χ0v) is 14.6. The molecule has 1 aliphatic carbocycles. The van der Waals surface area contributed by atoms with Crippen LogP contribution in [0.15, 0.2) is 36.4 Å². The van der Waals surface area contributed by atoms with Crippen LogP contribution >= 0.6 is 0 Å². The molecule has 1 aromatic carbocycles. The van der Waals surface area contributed by atoms with E-state index in [1.54, 1.807) is 0 Å². The van der Waals surface area contributed by atoms with E-state index in [9.17, 15) is 4.79 Å². The highest BCUT2D eigenvalue weighted by Crippen LogP contribution is 2.40. The van der Waals surface area contributed by atoms with Gasteiger partial charge in [0, 0.05) is 29.2 Å². The first-order valence-corrected chi connectivity index (χ1v) is 8.81. The minimum Gasteiger partial charge on any atom is -0.350 e. The van der Waals surface area contributed by atoms with Crippen molar-refractivity contribution in [3.63, 3.8) is 0 Å². The number of amides is 1. The molecule has 0 radical (unpaired) electrons. The Hall–Kier alpha value is -2.69. The van der Waals surface area contributed by atoms with Gasteiger partial charge in [-0.3, -0.25) is 14.5 Å². The summed E-state index contributed by atoms with van der Waals surface area (Å²) in [6.07, 6.45) is 2.34. The maximum atomic E-state index is 12.8. The van der Waals surface area contributed by atoms with E-state index in [0.717, 1.165) is 33.5 Å². The summed E-state index contributed by atoms with van der Waals surface area (Å²) in [5.74, 6) is 0.480. The fourth-order valence-electron chi connectivity index (χ4n) is 3.24. The first kappa shape index (κ1) is 15.8. The summed E-state index contributed by atoms with van der Waals surface area (Å²) in [6, 6.07) is 11.9. The molecule has 1 fully saturated rings. The maximum Gasteiger partial charge on any atom is 0.252 e. The van der Waals surface area contributed by atoms with Crippen LogP contribution in [0.2, 0.25) is 0 Å². The van der Waals surface area contributed by atoms with Crippen molar-refractivity contribution in [1.82, 2.24) is 20.1 Å². The smallest absolute Gasteiger partial charge is 0.252 e. The number of para-hydroxylation sites is 1. The second-order valence-corrected chi connectivity index (χ2v) is 6.79. The molecule has 0 aliphatic heterocycles. The first-order valence-electron chi connectivity index (χ1n) is 8.81. The van der Waals surface area contributed by atoms with Crippen LogP contribution in [0.25, 0.3) is 10.9 Å². The standard InChI is InChI=1S/C20H22N4O/c1-13-11-14(2)24(23-13)10-9-21-20(25)17-12-19(15-7-8-15)22-18-6-4-3-5-16(17)18/h3-6,11-12,15H,7-10H2,1-2H3,(H,21,25). The van der Waals surface area contributed by atoms with E-state index in [4.69, 9.17) is 4.98 Å². The number of hydrogen-bond donors (Lipinski definition) is 1. The summed E-state index contributed by atoms with van der Waals surface area (Å²) in [5.41, 5.74) is 4.77. The predicted octanol–water partition coefficient (Wildman–Crippen LogP) is 3.36. The molecule has 1 saturated carbocycles. The molecule has 0 unspecified atom stereocenters. The van der Waals surface area contributed by atoms with Crippen molar-refractivity contribution in [3.8, 4) is 0 Å². The van der Waals surface area contributed by atoms with E-state index in [-0.39, 0.29) is 5.91 Å². The normalized spacial score (nSPS) is 14.0. The summed E-state index contributed by atoms with van der Waals surface area (Å²) in [5, 5.41) is 8.38. The van der Waals surface area contributed by atoms with Gasteiger partial charge in [-0.15, -0.1) is 0 Å². The summed E-state index contributed by atoms with van der Waals surface area (Å²) >= 11 is 0. The number of aromatic nitrogens is 3. The van der Waals surface area contributed by atoms with Crippen molar-refractivity contribution in [1.29, 1.82) is 0 Å². The Morgan fingerprint density at radius 2 is 2.04 bits per heavy atom. The number of hydrogen-bond acceptors (Lipinski definition) is 3. The number of aryl methyl sites for hydroxylation is 2. The lowest BCUT2D eigenvalue weighted by Gasteiger charge is -2.11. The molecular formula is C20H22N4O. The molecule has 1 N–H and O–H groups in total. The molecular weight excluding hydrogens is 312 g/mol. The van der Waals surface area contributed by atoms with Crippen molar-refractivity contribution in [2.45, 2.75) is 39.2 Å². The number of carbonyl (C=O) groups is 1. The van der Waals surface area contributed by atoms with Gasteiger partial charge in [-0.25, -0.2) is 0 Å². The average molecular weight is 334 g/mol. The molecule has 5 nitrogen and oxygen atoms in total. The molecule has 1 aliphatic rings.